The van der Waals surface area contributed by atoms with Crippen molar-refractivity contribution in [3.63, 3.8) is 0 Å². The van der Waals surface area contributed by atoms with Gasteiger partial charge < -0.3 is 25.9 Å². The van der Waals surface area contributed by atoms with Crippen LogP contribution in [0.5, 0.6) is 0 Å². The van der Waals surface area contributed by atoms with E-state index in [2.05, 4.69) is 15.3 Å². The van der Waals surface area contributed by atoms with Crippen molar-refractivity contribution in [1.29, 1.82) is 0 Å². The second kappa shape index (κ2) is 5.47. The SMILES string of the molecule is Nc1ncnc2ccc(NC(=O)[C@@H]3CCCN3C(=O)[O-])cc12. The molecular weight excluding hydrogens is 286 g/mol. The highest BCUT2D eigenvalue weighted by atomic mass is 16.4. The summed E-state index contributed by atoms with van der Waals surface area (Å²) in [6, 6.07) is 4.35. The van der Waals surface area contributed by atoms with E-state index in [-0.39, 0.29) is 5.91 Å². The number of aromatic nitrogens is 2. The standard InChI is InChI=1S/C14H15N5O3/c15-12-9-6-8(3-4-10(9)16-7-17-12)18-13(20)11-2-1-5-19(11)14(21)22/h3-4,6-7,11H,1-2,5H2,(H,18,20)(H,21,22)(H2,15,16,17)/p-1/t11-/m0/s1. The molecule has 1 aromatic heterocycles. The predicted octanol–water partition coefficient (Wildman–Crippen LogP) is -0.0418. The van der Waals surface area contributed by atoms with Crippen molar-refractivity contribution in [1.82, 2.24) is 14.9 Å². The number of nitrogens with one attached hydrogen (secondary N) is 1. The quantitative estimate of drug-likeness (QED) is 0.801. The van der Waals surface area contributed by atoms with Crippen LogP contribution in [0.3, 0.4) is 0 Å². The number of carbonyl (C=O) groups excluding carboxylic acids is 2. The van der Waals surface area contributed by atoms with Crippen LogP contribution in [0.4, 0.5) is 16.3 Å². The molecule has 2 aromatic rings. The molecule has 114 valence electrons. The van der Waals surface area contributed by atoms with E-state index in [9.17, 15) is 14.7 Å². The second-order valence-corrected chi connectivity index (χ2v) is 5.10. The Balaban J connectivity index is 1.82. The zero-order valence-corrected chi connectivity index (χ0v) is 11.7. The van der Waals surface area contributed by atoms with Crippen molar-refractivity contribution in [3.05, 3.63) is 24.5 Å². The average Bonchev–Trinajstić information content (AvgIpc) is 2.98. The van der Waals surface area contributed by atoms with Crippen molar-refractivity contribution in [2.24, 2.45) is 0 Å². The Hall–Kier alpha value is -2.90. The normalized spacial score (nSPS) is 17.6. The lowest BCUT2D eigenvalue weighted by Gasteiger charge is -2.25. The van der Waals surface area contributed by atoms with Crippen LogP contribution >= 0.6 is 0 Å². The Morgan fingerprint density at radius 2 is 2.18 bits per heavy atom. The Labute approximate surface area is 126 Å². The van der Waals surface area contributed by atoms with Gasteiger partial charge in [0.15, 0.2) is 0 Å². The number of rotatable bonds is 2. The minimum atomic E-state index is -1.33. The van der Waals surface area contributed by atoms with Gasteiger partial charge >= 0.3 is 0 Å². The molecule has 8 heteroatoms. The van der Waals surface area contributed by atoms with Crippen molar-refractivity contribution in [2.45, 2.75) is 18.9 Å². The van der Waals surface area contributed by atoms with Gasteiger partial charge in [-0.1, -0.05) is 0 Å². The van der Waals surface area contributed by atoms with Gasteiger partial charge in [0.25, 0.3) is 0 Å². The van der Waals surface area contributed by atoms with Gasteiger partial charge in [-0.05, 0) is 31.0 Å². The number of amides is 2. The second-order valence-electron chi connectivity index (χ2n) is 5.10. The number of likely N-dealkylation sites (tertiary alicyclic amines) is 1. The maximum absolute atomic E-state index is 12.2. The molecule has 1 aliphatic heterocycles. The monoisotopic (exact) mass is 300 g/mol. The van der Waals surface area contributed by atoms with Crippen molar-refractivity contribution in [2.75, 3.05) is 17.6 Å². The van der Waals surface area contributed by atoms with E-state index in [1.165, 1.54) is 6.33 Å². The first-order valence-corrected chi connectivity index (χ1v) is 6.85. The number of nitrogen functional groups attached to an aromatic ring is 1. The third-order valence-electron chi connectivity index (χ3n) is 3.72. The molecule has 1 atom stereocenters. The molecule has 3 rings (SSSR count). The van der Waals surface area contributed by atoms with Gasteiger partial charge in [0, 0.05) is 17.6 Å². The number of nitrogens with two attached hydrogens (primary N) is 1. The fraction of sp³-hybridized carbons (Fsp3) is 0.286. The van der Waals surface area contributed by atoms with Crippen LogP contribution in [0.25, 0.3) is 10.9 Å². The lowest BCUT2D eigenvalue weighted by Crippen LogP contribution is -2.48. The molecule has 8 nitrogen and oxygen atoms in total. The van der Waals surface area contributed by atoms with E-state index in [0.717, 1.165) is 4.90 Å². The van der Waals surface area contributed by atoms with Crippen molar-refractivity contribution in [3.8, 4) is 0 Å². The summed E-state index contributed by atoms with van der Waals surface area (Å²) in [5, 5.41) is 14.3. The molecule has 0 spiro atoms. The number of anilines is 2. The zero-order valence-electron chi connectivity index (χ0n) is 11.7. The van der Waals surface area contributed by atoms with E-state index < -0.39 is 12.1 Å². The molecule has 0 bridgehead atoms. The van der Waals surface area contributed by atoms with Gasteiger partial charge in [-0.15, -0.1) is 0 Å². The Morgan fingerprint density at radius 3 is 2.95 bits per heavy atom. The van der Waals surface area contributed by atoms with Gasteiger partial charge in [0.2, 0.25) is 5.91 Å². The number of carboxylic acid groups (broad SMARTS) is 1. The molecule has 0 unspecified atom stereocenters. The molecular formula is C14H14N5O3-. The number of hydrogen-bond acceptors (Lipinski definition) is 6. The molecule has 22 heavy (non-hydrogen) atoms. The fourth-order valence-electron chi connectivity index (χ4n) is 2.64. The summed E-state index contributed by atoms with van der Waals surface area (Å²) >= 11 is 0. The van der Waals surface area contributed by atoms with Gasteiger partial charge in [0.05, 0.1) is 5.52 Å². The Morgan fingerprint density at radius 1 is 1.36 bits per heavy atom. The summed E-state index contributed by atoms with van der Waals surface area (Å²) in [6.45, 7) is 0.318. The number of carbonyl (C=O) groups is 2. The molecule has 1 saturated heterocycles. The first-order valence-electron chi connectivity index (χ1n) is 6.85. The highest BCUT2D eigenvalue weighted by Gasteiger charge is 2.30. The lowest BCUT2D eigenvalue weighted by molar-refractivity contribution is -0.266. The smallest absolute Gasteiger partial charge is 0.247 e. The summed E-state index contributed by atoms with van der Waals surface area (Å²) in [4.78, 5) is 32.3. The number of fused-ring (bicyclic) bond motifs is 1. The largest absolute Gasteiger partial charge is 0.530 e. The summed E-state index contributed by atoms with van der Waals surface area (Å²) in [5.74, 6) is -0.0604. The first-order chi connectivity index (χ1) is 10.6. The predicted molar refractivity (Wildman–Crippen MR) is 77.7 cm³/mol. The van der Waals surface area contributed by atoms with Crippen LogP contribution in [-0.4, -0.2) is 39.5 Å². The molecule has 2 amide bonds. The minimum Gasteiger partial charge on any atom is -0.530 e. The van der Waals surface area contributed by atoms with Gasteiger partial charge in [0.1, 0.15) is 24.3 Å². The third-order valence-corrected chi connectivity index (χ3v) is 3.72. The average molecular weight is 300 g/mol. The van der Waals surface area contributed by atoms with E-state index in [1.54, 1.807) is 18.2 Å². The highest BCUT2D eigenvalue weighted by molar-refractivity contribution is 5.99. The maximum Gasteiger partial charge on any atom is 0.247 e. The lowest BCUT2D eigenvalue weighted by atomic mass is 10.1. The molecule has 1 fully saturated rings. The van der Waals surface area contributed by atoms with E-state index in [0.29, 0.717) is 41.8 Å². The van der Waals surface area contributed by atoms with Gasteiger partial charge in [-0.2, -0.15) is 0 Å². The third kappa shape index (κ3) is 2.50. The molecule has 0 aliphatic carbocycles. The molecule has 1 aliphatic rings. The Bertz CT molecular complexity index is 748. The summed E-state index contributed by atoms with van der Waals surface area (Å²) in [5.41, 5.74) is 6.97. The number of hydrogen-bond donors (Lipinski definition) is 2. The van der Waals surface area contributed by atoms with Crippen molar-refractivity contribution >= 4 is 34.4 Å². The topological polar surface area (TPSA) is 124 Å². The summed E-state index contributed by atoms with van der Waals surface area (Å²) < 4.78 is 0. The van der Waals surface area contributed by atoms with Crippen LogP contribution in [0.15, 0.2) is 24.5 Å². The van der Waals surface area contributed by atoms with Gasteiger partial charge in [-0.3, -0.25) is 4.79 Å². The maximum atomic E-state index is 12.2. The van der Waals surface area contributed by atoms with Crippen LogP contribution < -0.4 is 16.2 Å². The van der Waals surface area contributed by atoms with E-state index in [4.69, 9.17) is 5.73 Å². The molecule has 1 aromatic carbocycles. The van der Waals surface area contributed by atoms with Gasteiger partial charge in [-0.25, -0.2) is 9.97 Å². The summed E-state index contributed by atoms with van der Waals surface area (Å²) in [6.07, 6.45) is 1.17. The Kier molecular flexibility index (Phi) is 3.50. The van der Waals surface area contributed by atoms with Crippen LogP contribution in [0.1, 0.15) is 12.8 Å². The van der Waals surface area contributed by atoms with E-state index >= 15 is 0 Å². The van der Waals surface area contributed by atoms with Crippen LogP contribution in [0.2, 0.25) is 0 Å². The minimum absolute atomic E-state index is 0.318. The molecule has 3 N–H and O–H groups in total. The fourth-order valence-corrected chi connectivity index (χ4v) is 2.64. The summed E-state index contributed by atoms with van der Waals surface area (Å²) in [7, 11) is 0. The van der Waals surface area contributed by atoms with Crippen LogP contribution in [-0.2, 0) is 4.79 Å². The number of nitrogens with zero attached hydrogens (tertiary/aromatic N) is 3. The van der Waals surface area contributed by atoms with Crippen molar-refractivity contribution < 1.29 is 14.7 Å². The molecule has 2 heterocycles. The first kappa shape index (κ1) is 14.1. The molecule has 0 radical (unpaired) electrons. The van der Waals surface area contributed by atoms with Crippen LogP contribution in [0, 0.1) is 0 Å². The highest BCUT2D eigenvalue weighted by Crippen LogP contribution is 2.23. The van der Waals surface area contributed by atoms with E-state index in [1.807, 2.05) is 0 Å². The molecule has 0 saturated carbocycles. The number of benzene rings is 1. The zero-order chi connectivity index (χ0) is 15.7.